The normalized spacial score (nSPS) is 25.5. The molecule has 1 fully saturated rings. The van der Waals surface area contributed by atoms with Gasteiger partial charge in [-0.25, -0.2) is 0 Å². The SMILES string of the molecule is [CH2]N(C)C(=O)[C@@H]1CCCN1C. The molecule has 11 heavy (non-hydrogen) atoms. The summed E-state index contributed by atoms with van der Waals surface area (Å²) in [5, 5.41) is 0. The Labute approximate surface area is 68.0 Å². The fraction of sp³-hybridized carbons (Fsp3) is 0.750. The molecule has 1 heterocycles. The molecule has 63 valence electrons. The van der Waals surface area contributed by atoms with Gasteiger partial charge in [-0.15, -0.1) is 0 Å². The summed E-state index contributed by atoms with van der Waals surface area (Å²) < 4.78 is 0. The van der Waals surface area contributed by atoms with Gasteiger partial charge in [0.15, 0.2) is 0 Å². The van der Waals surface area contributed by atoms with Crippen molar-refractivity contribution in [1.29, 1.82) is 0 Å². The van der Waals surface area contributed by atoms with Crippen LogP contribution in [0.25, 0.3) is 0 Å². The van der Waals surface area contributed by atoms with Gasteiger partial charge in [-0.1, -0.05) is 0 Å². The first-order valence-electron chi connectivity index (χ1n) is 3.91. The molecule has 1 amide bonds. The molecule has 1 rings (SSSR count). The second-order valence-electron chi connectivity index (χ2n) is 3.17. The Bertz CT molecular complexity index is 156. The van der Waals surface area contributed by atoms with Crippen LogP contribution in [0.4, 0.5) is 0 Å². The van der Waals surface area contributed by atoms with Gasteiger partial charge in [-0.2, -0.15) is 0 Å². The molecule has 0 aliphatic carbocycles. The Morgan fingerprint density at radius 2 is 2.36 bits per heavy atom. The fourth-order valence-corrected chi connectivity index (χ4v) is 1.48. The first-order valence-corrected chi connectivity index (χ1v) is 3.91. The average Bonchev–Trinajstić information content (AvgIpc) is 2.33. The van der Waals surface area contributed by atoms with E-state index in [2.05, 4.69) is 11.9 Å². The van der Waals surface area contributed by atoms with Crippen molar-refractivity contribution < 1.29 is 4.79 Å². The number of carbonyl (C=O) groups excluding carboxylic acids is 1. The lowest BCUT2D eigenvalue weighted by Gasteiger charge is -2.21. The third kappa shape index (κ3) is 1.71. The summed E-state index contributed by atoms with van der Waals surface area (Å²) in [7, 11) is 7.26. The van der Waals surface area contributed by atoms with Crippen LogP contribution >= 0.6 is 0 Å². The molecule has 0 aromatic heterocycles. The molecule has 3 nitrogen and oxygen atoms in total. The first-order chi connectivity index (χ1) is 5.13. The van der Waals surface area contributed by atoms with E-state index in [1.807, 2.05) is 7.05 Å². The first kappa shape index (κ1) is 8.53. The molecular weight excluding hydrogens is 140 g/mol. The number of likely N-dealkylation sites (N-methyl/N-ethyl adjacent to an activating group) is 2. The molecule has 0 aromatic rings. The largest absolute Gasteiger partial charge is 0.343 e. The predicted molar refractivity (Wildman–Crippen MR) is 43.8 cm³/mol. The van der Waals surface area contributed by atoms with Gasteiger partial charge >= 0.3 is 0 Å². The van der Waals surface area contributed by atoms with E-state index in [-0.39, 0.29) is 11.9 Å². The van der Waals surface area contributed by atoms with Crippen molar-refractivity contribution in [3.05, 3.63) is 7.05 Å². The van der Waals surface area contributed by atoms with Crippen LogP contribution in [0.5, 0.6) is 0 Å². The summed E-state index contributed by atoms with van der Waals surface area (Å²) in [5.41, 5.74) is 0. The van der Waals surface area contributed by atoms with E-state index in [0.29, 0.717) is 0 Å². The van der Waals surface area contributed by atoms with E-state index in [4.69, 9.17) is 0 Å². The van der Waals surface area contributed by atoms with Crippen molar-refractivity contribution in [2.24, 2.45) is 0 Å². The highest BCUT2D eigenvalue weighted by Crippen LogP contribution is 2.15. The third-order valence-electron chi connectivity index (χ3n) is 2.18. The number of carbonyl (C=O) groups is 1. The molecule has 1 aliphatic rings. The van der Waals surface area contributed by atoms with Crippen LogP contribution in [0, 0.1) is 7.05 Å². The molecule has 0 spiro atoms. The van der Waals surface area contributed by atoms with E-state index < -0.39 is 0 Å². The number of nitrogens with zero attached hydrogens (tertiary/aromatic N) is 2. The van der Waals surface area contributed by atoms with Crippen LogP contribution in [0.1, 0.15) is 12.8 Å². The van der Waals surface area contributed by atoms with Crippen LogP contribution in [0.3, 0.4) is 0 Å². The zero-order chi connectivity index (χ0) is 8.43. The molecule has 0 bridgehead atoms. The van der Waals surface area contributed by atoms with Gasteiger partial charge < -0.3 is 4.90 Å². The molecule has 1 saturated heterocycles. The van der Waals surface area contributed by atoms with Crippen molar-refractivity contribution in [2.75, 3.05) is 20.6 Å². The van der Waals surface area contributed by atoms with E-state index in [9.17, 15) is 4.79 Å². The molecule has 0 saturated carbocycles. The maximum Gasteiger partial charge on any atom is 0.239 e. The minimum Gasteiger partial charge on any atom is -0.343 e. The summed E-state index contributed by atoms with van der Waals surface area (Å²) >= 11 is 0. The lowest BCUT2D eigenvalue weighted by Crippen LogP contribution is -2.39. The Hall–Kier alpha value is -0.570. The Kier molecular flexibility index (Phi) is 2.49. The third-order valence-corrected chi connectivity index (χ3v) is 2.18. The van der Waals surface area contributed by atoms with Crippen LogP contribution in [0.15, 0.2) is 0 Å². The Balaban J connectivity index is 2.53. The Morgan fingerprint density at radius 3 is 2.73 bits per heavy atom. The number of hydrogen-bond acceptors (Lipinski definition) is 2. The number of hydrogen-bond donors (Lipinski definition) is 0. The number of rotatable bonds is 1. The minimum atomic E-state index is 0.0810. The molecule has 1 aliphatic heterocycles. The predicted octanol–water partition coefficient (Wildman–Crippen LogP) is 0.331. The van der Waals surface area contributed by atoms with E-state index >= 15 is 0 Å². The molecule has 0 N–H and O–H groups in total. The maximum absolute atomic E-state index is 11.4. The van der Waals surface area contributed by atoms with Gasteiger partial charge in [0.05, 0.1) is 6.04 Å². The van der Waals surface area contributed by atoms with Crippen LogP contribution < -0.4 is 0 Å². The van der Waals surface area contributed by atoms with Crippen LogP contribution in [-0.4, -0.2) is 42.4 Å². The standard InChI is InChI=1S/C8H15N2O/c1-9(2)8(11)7-5-4-6-10(7)3/h7H,1,4-6H2,2-3H3/t7-/m0/s1. The molecule has 1 atom stereocenters. The van der Waals surface area contributed by atoms with Gasteiger partial charge in [0.1, 0.15) is 0 Å². The van der Waals surface area contributed by atoms with Gasteiger partial charge in [-0.3, -0.25) is 9.69 Å². The van der Waals surface area contributed by atoms with Crippen molar-refractivity contribution in [1.82, 2.24) is 9.80 Å². The highest BCUT2D eigenvalue weighted by molar-refractivity contribution is 5.82. The highest BCUT2D eigenvalue weighted by atomic mass is 16.2. The number of likely N-dealkylation sites (tertiary alicyclic amines) is 1. The quantitative estimate of drug-likeness (QED) is 0.545. The summed E-state index contributed by atoms with van der Waals surface area (Å²) in [4.78, 5) is 14.9. The van der Waals surface area contributed by atoms with Gasteiger partial charge in [-0.05, 0) is 26.4 Å². The monoisotopic (exact) mass is 155 g/mol. The lowest BCUT2D eigenvalue weighted by molar-refractivity contribution is -0.131. The van der Waals surface area contributed by atoms with Gasteiger partial charge in [0.2, 0.25) is 5.91 Å². The van der Waals surface area contributed by atoms with Crippen molar-refractivity contribution in [3.63, 3.8) is 0 Å². The maximum atomic E-state index is 11.4. The summed E-state index contributed by atoms with van der Waals surface area (Å²) in [6.45, 7) is 1.03. The summed E-state index contributed by atoms with van der Waals surface area (Å²) in [6, 6.07) is 0.0810. The zero-order valence-corrected chi connectivity index (χ0v) is 7.21. The van der Waals surface area contributed by atoms with Crippen molar-refractivity contribution in [3.8, 4) is 0 Å². The highest BCUT2D eigenvalue weighted by Gasteiger charge is 2.28. The van der Waals surface area contributed by atoms with Crippen molar-refractivity contribution in [2.45, 2.75) is 18.9 Å². The molecule has 0 aromatic carbocycles. The number of amides is 1. The lowest BCUT2D eigenvalue weighted by atomic mass is 10.2. The van der Waals surface area contributed by atoms with E-state index in [1.54, 1.807) is 7.05 Å². The van der Waals surface area contributed by atoms with Crippen LogP contribution in [0.2, 0.25) is 0 Å². The topological polar surface area (TPSA) is 23.6 Å². The van der Waals surface area contributed by atoms with E-state index in [0.717, 1.165) is 19.4 Å². The average molecular weight is 155 g/mol. The minimum absolute atomic E-state index is 0.0810. The smallest absolute Gasteiger partial charge is 0.239 e. The van der Waals surface area contributed by atoms with E-state index in [1.165, 1.54) is 4.90 Å². The van der Waals surface area contributed by atoms with Crippen LogP contribution in [-0.2, 0) is 4.79 Å². The van der Waals surface area contributed by atoms with Gasteiger partial charge in [0.25, 0.3) is 0 Å². The zero-order valence-electron chi connectivity index (χ0n) is 7.21. The summed E-state index contributed by atoms with van der Waals surface area (Å²) in [6.07, 6.45) is 2.11. The molecule has 3 heteroatoms. The summed E-state index contributed by atoms with van der Waals surface area (Å²) in [5.74, 6) is 0.130. The second-order valence-corrected chi connectivity index (χ2v) is 3.17. The second kappa shape index (κ2) is 3.22. The molecule has 0 unspecified atom stereocenters. The van der Waals surface area contributed by atoms with Gasteiger partial charge in [0, 0.05) is 14.1 Å². The van der Waals surface area contributed by atoms with Crippen molar-refractivity contribution >= 4 is 5.91 Å². The molecular formula is C8H15N2O. The molecule has 1 radical (unpaired) electrons. The Morgan fingerprint density at radius 1 is 1.73 bits per heavy atom. The fourth-order valence-electron chi connectivity index (χ4n) is 1.48.